The Morgan fingerprint density at radius 3 is 2.72 bits per heavy atom. The molecule has 0 unspecified atom stereocenters. The number of anilines is 1. The third kappa shape index (κ3) is 3.56. The summed E-state index contributed by atoms with van der Waals surface area (Å²) in [5.74, 6) is 0.333. The molecule has 25 heavy (non-hydrogen) atoms. The second-order valence-corrected chi connectivity index (χ2v) is 5.59. The van der Waals surface area contributed by atoms with E-state index in [-0.39, 0.29) is 6.61 Å². The van der Waals surface area contributed by atoms with Crippen molar-refractivity contribution in [2.75, 3.05) is 18.9 Å². The van der Waals surface area contributed by atoms with Gasteiger partial charge in [-0.05, 0) is 30.7 Å². The molecule has 1 heterocycles. The largest absolute Gasteiger partial charge is 0.487 e. The van der Waals surface area contributed by atoms with E-state index in [1.165, 1.54) is 0 Å². The van der Waals surface area contributed by atoms with Gasteiger partial charge in [0.1, 0.15) is 18.1 Å². The highest BCUT2D eigenvalue weighted by atomic mass is 19.3. The van der Waals surface area contributed by atoms with Gasteiger partial charge in [0.25, 0.3) is 6.43 Å². The molecule has 0 aliphatic carbocycles. The van der Waals surface area contributed by atoms with E-state index >= 15 is 0 Å². The number of hydrogen-bond donors (Lipinski definition) is 2. The van der Waals surface area contributed by atoms with Crippen molar-refractivity contribution in [1.82, 2.24) is 9.78 Å². The molecule has 5 nitrogen and oxygen atoms in total. The number of aromatic nitrogens is 2. The standard InChI is InChI=1S/C18H19F2N3O2/c19-16(20)11-25-15-8-2-1-5-12(15)18-17-13(21)6-3-7-14(17)23(22-18)9-4-10-24/h1-3,5-8,16,24H,4,9-11,21H2. The van der Waals surface area contributed by atoms with Crippen LogP contribution in [0.4, 0.5) is 14.5 Å². The summed E-state index contributed by atoms with van der Waals surface area (Å²) in [6.07, 6.45) is -2.01. The molecule has 1 aromatic heterocycles. The molecule has 3 rings (SSSR count). The van der Waals surface area contributed by atoms with Crippen LogP contribution in [0.25, 0.3) is 22.2 Å². The summed E-state index contributed by atoms with van der Waals surface area (Å²) in [7, 11) is 0. The van der Waals surface area contributed by atoms with Crippen LogP contribution in [0.3, 0.4) is 0 Å². The van der Waals surface area contributed by atoms with E-state index in [0.717, 1.165) is 10.9 Å². The molecule has 3 aromatic rings. The summed E-state index contributed by atoms with van der Waals surface area (Å²) in [6.45, 7) is -0.112. The van der Waals surface area contributed by atoms with Crippen molar-refractivity contribution >= 4 is 16.6 Å². The Labute approximate surface area is 143 Å². The van der Waals surface area contributed by atoms with Gasteiger partial charge in [0, 0.05) is 24.4 Å². The van der Waals surface area contributed by atoms with Gasteiger partial charge < -0.3 is 15.6 Å². The summed E-state index contributed by atoms with van der Waals surface area (Å²) >= 11 is 0. The topological polar surface area (TPSA) is 73.3 Å². The highest BCUT2D eigenvalue weighted by Crippen LogP contribution is 2.37. The second kappa shape index (κ2) is 7.48. The predicted octanol–water partition coefficient (Wildman–Crippen LogP) is 3.31. The van der Waals surface area contributed by atoms with E-state index in [2.05, 4.69) is 5.10 Å². The average Bonchev–Trinajstić information content (AvgIpc) is 2.98. The molecule has 2 aromatic carbocycles. The number of halogens is 2. The fourth-order valence-corrected chi connectivity index (χ4v) is 2.78. The highest BCUT2D eigenvalue weighted by Gasteiger charge is 2.18. The molecule has 0 amide bonds. The first kappa shape index (κ1) is 17.2. The van der Waals surface area contributed by atoms with Crippen molar-refractivity contribution in [2.24, 2.45) is 0 Å². The number of aryl methyl sites for hydroxylation is 1. The van der Waals surface area contributed by atoms with E-state index < -0.39 is 13.0 Å². The van der Waals surface area contributed by atoms with Crippen molar-refractivity contribution in [3.05, 3.63) is 42.5 Å². The maximum Gasteiger partial charge on any atom is 0.272 e. The molecule has 0 saturated carbocycles. The summed E-state index contributed by atoms with van der Waals surface area (Å²) in [5, 5.41) is 14.4. The van der Waals surface area contributed by atoms with Crippen LogP contribution in [0.5, 0.6) is 5.75 Å². The third-order valence-electron chi connectivity index (χ3n) is 3.85. The number of nitrogens with zero attached hydrogens (tertiary/aromatic N) is 2. The lowest BCUT2D eigenvalue weighted by Crippen LogP contribution is -2.07. The van der Waals surface area contributed by atoms with Gasteiger partial charge in [0.2, 0.25) is 0 Å². The summed E-state index contributed by atoms with van der Waals surface area (Å²) in [4.78, 5) is 0. The van der Waals surface area contributed by atoms with Crippen LogP contribution in [0, 0.1) is 0 Å². The number of rotatable bonds is 7. The number of nitrogen functional groups attached to an aromatic ring is 1. The van der Waals surface area contributed by atoms with Crippen LogP contribution in [0.1, 0.15) is 6.42 Å². The second-order valence-electron chi connectivity index (χ2n) is 5.59. The van der Waals surface area contributed by atoms with Gasteiger partial charge in [-0.3, -0.25) is 4.68 Å². The first-order valence-electron chi connectivity index (χ1n) is 7.98. The molecule has 0 atom stereocenters. The van der Waals surface area contributed by atoms with E-state index in [1.807, 2.05) is 12.1 Å². The van der Waals surface area contributed by atoms with Crippen LogP contribution >= 0.6 is 0 Å². The number of fused-ring (bicyclic) bond motifs is 1. The zero-order valence-electron chi connectivity index (χ0n) is 13.5. The Morgan fingerprint density at radius 1 is 1.16 bits per heavy atom. The van der Waals surface area contributed by atoms with Gasteiger partial charge in [0.05, 0.1) is 10.9 Å². The van der Waals surface area contributed by atoms with E-state index in [0.29, 0.717) is 35.7 Å². The molecule has 7 heteroatoms. The quantitative estimate of drug-likeness (QED) is 0.643. The fraction of sp³-hybridized carbons (Fsp3) is 0.278. The molecule has 0 fully saturated rings. The minimum absolute atomic E-state index is 0.0487. The van der Waals surface area contributed by atoms with Crippen LogP contribution in [-0.4, -0.2) is 34.5 Å². The average molecular weight is 347 g/mol. The Balaban J connectivity index is 2.13. The van der Waals surface area contributed by atoms with Crippen LogP contribution < -0.4 is 10.5 Å². The monoisotopic (exact) mass is 347 g/mol. The van der Waals surface area contributed by atoms with Crippen LogP contribution in [0.15, 0.2) is 42.5 Å². The molecular weight excluding hydrogens is 328 g/mol. The molecule has 3 N–H and O–H groups in total. The maximum absolute atomic E-state index is 12.5. The van der Waals surface area contributed by atoms with Crippen molar-refractivity contribution in [2.45, 2.75) is 19.4 Å². The minimum atomic E-state index is -2.56. The van der Waals surface area contributed by atoms with Gasteiger partial charge in [-0.1, -0.05) is 18.2 Å². The first-order chi connectivity index (χ1) is 12.1. The Bertz CT molecular complexity index is 865. The molecule has 132 valence electrons. The molecule has 0 aliphatic heterocycles. The Morgan fingerprint density at radius 2 is 1.96 bits per heavy atom. The predicted molar refractivity (Wildman–Crippen MR) is 92.8 cm³/mol. The highest BCUT2D eigenvalue weighted by molar-refractivity contribution is 6.02. The smallest absolute Gasteiger partial charge is 0.272 e. The lowest BCUT2D eigenvalue weighted by molar-refractivity contribution is 0.0822. The summed E-state index contributed by atoms with van der Waals surface area (Å²) < 4.78 is 32.1. The minimum Gasteiger partial charge on any atom is -0.487 e. The molecular formula is C18H19F2N3O2. The number of alkyl halides is 2. The normalized spacial score (nSPS) is 11.4. The number of aliphatic hydroxyl groups excluding tert-OH is 1. The van der Waals surface area contributed by atoms with Crippen LogP contribution in [-0.2, 0) is 6.54 Å². The summed E-state index contributed by atoms with van der Waals surface area (Å²) in [5.41, 5.74) is 8.70. The Hall–Kier alpha value is -2.67. The number of benzene rings is 2. The molecule has 0 bridgehead atoms. The van der Waals surface area contributed by atoms with E-state index in [9.17, 15) is 8.78 Å². The third-order valence-corrected chi connectivity index (χ3v) is 3.85. The summed E-state index contributed by atoms with van der Waals surface area (Å²) in [6, 6.07) is 12.4. The molecule has 0 spiro atoms. The van der Waals surface area contributed by atoms with Gasteiger partial charge in [0.15, 0.2) is 0 Å². The number of ether oxygens (including phenoxy) is 1. The zero-order valence-corrected chi connectivity index (χ0v) is 13.5. The van der Waals surface area contributed by atoms with Crippen LogP contribution in [0.2, 0.25) is 0 Å². The van der Waals surface area contributed by atoms with Gasteiger partial charge in [-0.2, -0.15) is 5.10 Å². The van der Waals surface area contributed by atoms with Crippen molar-refractivity contribution in [1.29, 1.82) is 0 Å². The zero-order chi connectivity index (χ0) is 17.8. The fourth-order valence-electron chi connectivity index (χ4n) is 2.78. The molecule has 0 radical (unpaired) electrons. The lowest BCUT2D eigenvalue weighted by Gasteiger charge is -2.10. The number of para-hydroxylation sites is 1. The van der Waals surface area contributed by atoms with Crippen molar-refractivity contribution < 1.29 is 18.6 Å². The van der Waals surface area contributed by atoms with E-state index in [1.54, 1.807) is 35.0 Å². The van der Waals surface area contributed by atoms with Gasteiger partial charge >= 0.3 is 0 Å². The van der Waals surface area contributed by atoms with Gasteiger partial charge in [-0.25, -0.2) is 8.78 Å². The number of nitrogens with two attached hydrogens (primary N) is 1. The molecule has 0 aliphatic rings. The lowest BCUT2D eigenvalue weighted by atomic mass is 10.1. The van der Waals surface area contributed by atoms with E-state index in [4.69, 9.17) is 15.6 Å². The number of hydrogen-bond acceptors (Lipinski definition) is 4. The first-order valence-corrected chi connectivity index (χ1v) is 7.98. The van der Waals surface area contributed by atoms with Gasteiger partial charge in [-0.15, -0.1) is 0 Å². The maximum atomic E-state index is 12.5. The molecule has 0 saturated heterocycles. The SMILES string of the molecule is Nc1cccc2c1c(-c1ccccc1OCC(F)F)nn2CCCO. The Kier molecular flexibility index (Phi) is 5.14. The van der Waals surface area contributed by atoms with Crippen molar-refractivity contribution in [3.63, 3.8) is 0 Å². The van der Waals surface area contributed by atoms with Crippen molar-refractivity contribution in [3.8, 4) is 17.0 Å². The number of aliphatic hydroxyl groups is 1.